The van der Waals surface area contributed by atoms with Crippen molar-refractivity contribution in [2.24, 2.45) is 5.10 Å². The minimum Gasteiger partial charge on any atom is -0.488 e. The number of aryl methyl sites for hydroxylation is 2. The maximum atomic E-state index is 12.1. The number of hydrogen-bond acceptors (Lipinski definition) is 5. The summed E-state index contributed by atoms with van der Waals surface area (Å²) in [6, 6.07) is 19.7. The molecule has 0 saturated heterocycles. The standard InChI is InChI=1S/C26H23ClN4O3/c1-17-3-9-23(11-18(17)2)30-25(32)13-26(33)31-29-15-21-12-22(27)8-10-24(21)34-16-20-6-4-19(14-28)5-7-20/h3-12,15H,13,16H2,1-2H3,(H,30,32)(H,31,33). The van der Waals surface area contributed by atoms with E-state index in [4.69, 9.17) is 21.6 Å². The average molecular weight is 475 g/mol. The van der Waals surface area contributed by atoms with Crippen LogP contribution in [-0.2, 0) is 16.2 Å². The number of halogens is 1. The molecule has 2 N–H and O–H groups in total. The maximum absolute atomic E-state index is 12.1. The van der Waals surface area contributed by atoms with Crippen LogP contribution in [0.3, 0.4) is 0 Å². The highest BCUT2D eigenvalue weighted by atomic mass is 35.5. The first-order valence-corrected chi connectivity index (χ1v) is 10.8. The number of carbonyl (C=O) groups is 2. The number of hydrogen-bond donors (Lipinski definition) is 2. The number of rotatable bonds is 8. The van der Waals surface area contributed by atoms with E-state index in [1.54, 1.807) is 36.4 Å². The highest BCUT2D eigenvalue weighted by molar-refractivity contribution is 6.30. The number of nitrogens with zero attached hydrogens (tertiary/aromatic N) is 2. The first-order chi connectivity index (χ1) is 16.3. The van der Waals surface area contributed by atoms with Crippen LogP contribution in [0.15, 0.2) is 65.8 Å². The molecule has 0 radical (unpaired) electrons. The molecule has 0 heterocycles. The Bertz CT molecular complexity index is 1260. The number of hydrazone groups is 1. The van der Waals surface area contributed by atoms with Gasteiger partial charge in [-0.25, -0.2) is 5.43 Å². The normalized spacial score (nSPS) is 10.5. The first kappa shape index (κ1) is 24.5. The fourth-order valence-electron chi connectivity index (χ4n) is 2.97. The molecule has 0 aliphatic carbocycles. The van der Waals surface area contributed by atoms with Gasteiger partial charge in [0.15, 0.2) is 0 Å². The first-order valence-electron chi connectivity index (χ1n) is 10.4. The van der Waals surface area contributed by atoms with Gasteiger partial charge in [0.25, 0.3) is 0 Å². The van der Waals surface area contributed by atoms with Crippen LogP contribution in [-0.4, -0.2) is 18.0 Å². The second-order valence-corrected chi connectivity index (χ2v) is 8.03. The second kappa shape index (κ2) is 11.6. The van der Waals surface area contributed by atoms with E-state index in [1.807, 2.05) is 38.1 Å². The van der Waals surface area contributed by atoms with Gasteiger partial charge in [-0.3, -0.25) is 9.59 Å². The number of benzene rings is 3. The van der Waals surface area contributed by atoms with E-state index in [0.717, 1.165) is 16.7 Å². The Morgan fingerprint density at radius 1 is 1.03 bits per heavy atom. The van der Waals surface area contributed by atoms with Gasteiger partial charge in [0, 0.05) is 16.3 Å². The highest BCUT2D eigenvalue weighted by Gasteiger charge is 2.10. The number of amides is 2. The lowest BCUT2D eigenvalue weighted by molar-refractivity contribution is -0.126. The van der Waals surface area contributed by atoms with Crippen molar-refractivity contribution in [3.05, 3.63) is 93.5 Å². The van der Waals surface area contributed by atoms with Crippen molar-refractivity contribution in [2.45, 2.75) is 26.9 Å². The van der Waals surface area contributed by atoms with Crippen molar-refractivity contribution in [2.75, 3.05) is 5.32 Å². The zero-order valence-corrected chi connectivity index (χ0v) is 19.5. The monoisotopic (exact) mass is 474 g/mol. The lowest BCUT2D eigenvalue weighted by Crippen LogP contribution is -2.24. The van der Waals surface area contributed by atoms with Crippen molar-refractivity contribution >= 4 is 35.3 Å². The summed E-state index contributed by atoms with van der Waals surface area (Å²) >= 11 is 6.09. The molecule has 0 atom stereocenters. The SMILES string of the molecule is Cc1ccc(NC(=O)CC(=O)NN=Cc2cc(Cl)ccc2OCc2ccc(C#N)cc2)cc1C. The van der Waals surface area contributed by atoms with Crippen LogP contribution in [0.4, 0.5) is 5.69 Å². The van der Waals surface area contributed by atoms with E-state index in [2.05, 4.69) is 21.9 Å². The van der Waals surface area contributed by atoms with Gasteiger partial charge in [0.2, 0.25) is 11.8 Å². The molecule has 3 aromatic carbocycles. The number of ether oxygens (including phenoxy) is 1. The van der Waals surface area contributed by atoms with Crippen LogP contribution in [0.2, 0.25) is 5.02 Å². The molecule has 3 rings (SSSR count). The fraction of sp³-hybridized carbons (Fsp3) is 0.154. The van der Waals surface area contributed by atoms with Gasteiger partial charge in [-0.2, -0.15) is 10.4 Å². The summed E-state index contributed by atoms with van der Waals surface area (Å²) in [6.45, 7) is 4.21. The van der Waals surface area contributed by atoms with Crippen molar-refractivity contribution in [1.29, 1.82) is 5.26 Å². The third kappa shape index (κ3) is 7.19. The molecule has 8 heteroatoms. The molecule has 0 saturated carbocycles. The zero-order valence-electron chi connectivity index (χ0n) is 18.8. The predicted octanol–water partition coefficient (Wildman–Crippen LogP) is 4.89. The predicted molar refractivity (Wildman–Crippen MR) is 132 cm³/mol. The number of carbonyl (C=O) groups excluding carboxylic acids is 2. The smallest absolute Gasteiger partial charge is 0.249 e. The van der Waals surface area contributed by atoms with Crippen LogP contribution in [0.1, 0.15) is 34.2 Å². The Morgan fingerprint density at radius 3 is 2.50 bits per heavy atom. The molecule has 0 fully saturated rings. The molecule has 0 aliphatic rings. The molecule has 0 unspecified atom stereocenters. The van der Waals surface area contributed by atoms with Gasteiger partial charge in [0.05, 0.1) is 17.8 Å². The Balaban J connectivity index is 1.56. The molecule has 3 aromatic rings. The number of nitrogens with one attached hydrogen (secondary N) is 2. The molecule has 0 aromatic heterocycles. The van der Waals surface area contributed by atoms with Gasteiger partial charge in [-0.05, 0) is 73.0 Å². The summed E-state index contributed by atoms with van der Waals surface area (Å²) in [5, 5.41) is 16.0. The molecule has 0 bridgehead atoms. The summed E-state index contributed by atoms with van der Waals surface area (Å²) in [5.74, 6) is -0.482. The number of anilines is 1. The third-order valence-corrected chi connectivity index (χ3v) is 5.19. The van der Waals surface area contributed by atoms with Crippen LogP contribution < -0.4 is 15.5 Å². The van der Waals surface area contributed by atoms with Crippen molar-refractivity contribution in [1.82, 2.24) is 5.43 Å². The van der Waals surface area contributed by atoms with Crippen LogP contribution in [0.5, 0.6) is 5.75 Å². The van der Waals surface area contributed by atoms with Crippen LogP contribution >= 0.6 is 11.6 Å². The molecule has 172 valence electrons. The van der Waals surface area contributed by atoms with Gasteiger partial charge in [0.1, 0.15) is 18.8 Å². The molecule has 7 nitrogen and oxygen atoms in total. The van der Waals surface area contributed by atoms with Crippen LogP contribution in [0, 0.1) is 25.2 Å². The Labute approximate surface area is 203 Å². The highest BCUT2D eigenvalue weighted by Crippen LogP contribution is 2.22. The summed E-state index contributed by atoms with van der Waals surface area (Å²) in [6.07, 6.45) is 1.03. The van der Waals surface area contributed by atoms with E-state index < -0.39 is 11.8 Å². The quantitative estimate of drug-likeness (QED) is 0.275. The maximum Gasteiger partial charge on any atom is 0.249 e. The topological polar surface area (TPSA) is 104 Å². The number of nitriles is 1. The molecule has 34 heavy (non-hydrogen) atoms. The van der Waals surface area contributed by atoms with Crippen LogP contribution in [0.25, 0.3) is 0 Å². The summed E-state index contributed by atoms with van der Waals surface area (Å²) < 4.78 is 5.85. The fourth-order valence-corrected chi connectivity index (χ4v) is 3.15. The molecule has 2 amide bonds. The van der Waals surface area contributed by atoms with Gasteiger partial charge < -0.3 is 10.1 Å². The van der Waals surface area contributed by atoms with Crippen molar-refractivity contribution in [3.63, 3.8) is 0 Å². The average Bonchev–Trinajstić information content (AvgIpc) is 2.81. The van der Waals surface area contributed by atoms with Gasteiger partial charge in [-0.15, -0.1) is 0 Å². The minimum atomic E-state index is -0.556. The molecule has 0 spiro atoms. The molecular formula is C26H23ClN4O3. The van der Waals surface area contributed by atoms with E-state index in [-0.39, 0.29) is 13.0 Å². The van der Waals surface area contributed by atoms with E-state index in [9.17, 15) is 9.59 Å². The summed E-state index contributed by atoms with van der Waals surface area (Å²) in [7, 11) is 0. The third-order valence-electron chi connectivity index (χ3n) is 4.95. The van der Waals surface area contributed by atoms with E-state index in [0.29, 0.717) is 27.6 Å². The lowest BCUT2D eigenvalue weighted by Gasteiger charge is -2.10. The Hall–Kier alpha value is -4.15. The van der Waals surface area contributed by atoms with E-state index >= 15 is 0 Å². The lowest BCUT2D eigenvalue weighted by atomic mass is 10.1. The minimum absolute atomic E-state index is 0.277. The van der Waals surface area contributed by atoms with E-state index in [1.165, 1.54) is 6.21 Å². The molecule has 0 aliphatic heterocycles. The summed E-state index contributed by atoms with van der Waals surface area (Å²) in [5.41, 5.74) is 7.15. The second-order valence-electron chi connectivity index (χ2n) is 7.60. The largest absolute Gasteiger partial charge is 0.488 e. The summed E-state index contributed by atoms with van der Waals surface area (Å²) in [4.78, 5) is 24.2. The molecular weight excluding hydrogens is 452 g/mol. The van der Waals surface area contributed by atoms with Gasteiger partial charge in [-0.1, -0.05) is 29.8 Å². The van der Waals surface area contributed by atoms with Crippen molar-refractivity contribution < 1.29 is 14.3 Å². The van der Waals surface area contributed by atoms with Gasteiger partial charge >= 0.3 is 0 Å². The van der Waals surface area contributed by atoms with Crippen molar-refractivity contribution in [3.8, 4) is 11.8 Å². The zero-order chi connectivity index (χ0) is 24.5. The Morgan fingerprint density at radius 2 is 1.79 bits per heavy atom. The Kier molecular flexibility index (Phi) is 8.38.